The Labute approximate surface area is 147 Å². The number of hydrogen-bond donors (Lipinski definition) is 0. The van der Waals surface area contributed by atoms with Crippen LogP contribution in [0.3, 0.4) is 0 Å². The highest BCUT2D eigenvalue weighted by Gasteiger charge is 2.15. The molecule has 0 N–H and O–H groups in total. The van der Waals surface area contributed by atoms with Crippen molar-refractivity contribution in [2.45, 2.75) is 0 Å². The molecule has 0 amide bonds. The van der Waals surface area contributed by atoms with Crippen LogP contribution in [0, 0.1) is 0 Å². The fraction of sp³-hybridized carbons (Fsp3) is 0.190. The largest absolute Gasteiger partial charge is 0.493 e. The minimum absolute atomic E-state index is 0.593. The minimum Gasteiger partial charge on any atom is -0.493 e. The zero-order valence-corrected chi connectivity index (χ0v) is 14.9. The molecular formula is C21H22NO3+. The lowest BCUT2D eigenvalue weighted by molar-refractivity contribution is -0.646. The molecule has 0 bridgehead atoms. The lowest BCUT2D eigenvalue weighted by Crippen LogP contribution is -2.32. The van der Waals surface area contributed by atoms with Crippen molar-refractivity contribution < 1.29 is 18.8 Å². The molecule has 0 aliphatic carbocycles. The summed E-state index contributed by atoms with van der Waals surface area (Å²) in [4.78, 5) is 0. The van der Waals surface area contributed by atoms with Crippen molar-refractivity contribution in [3.05, 3.63) is 59.8 Å². The SMILES string of the molecule is COc1ccc(C=Cc2ccc3ccccc3[n+]2C)c(OC)c1OC. The van der Waals surface area contributed by atoms with Crippen molar-refractivity contribution in [2.24, 2.45) is 7.05 Å². The highest BCUT2D eigenvalue weighted by molar-refractivity contribution is 5.78. The first-order valence-corrected chi connectivity index (χ1v) is 8.04. The van der Waals surface area contributed by atoms with E-state index >= 15 is 0 Å². The standard InChI is InChI=1S/C21H22NO3/c1-22-17(12-9-15-7-5-6-8-18(15)22)13-10-16-11-14-19(23-2)21(25-4)20(16)24-3/h5-14H,1-4H3/q+1. The fourth-order valence-corrected chi connectivity index (χ4v) is 2.96. The zero-order valence-electron chi connectivity index (χ0n) is 14.9. The van der Waals surface area contributed by atoms with Crippen LogP contribution >= 0.6 is 0 Å². The molecule has 4 heteroatoms. The van der Waals surface area contributed by atoms with Gasteiger partial charge in [-0.15, -0.1) is 0 Å². The summed E-state index contributed by atoms with van der Waals surface area (Å²) < 4.78 is 18.5. The van der Waals surface area contributed by atoms with Crippen molar-refractivity contribution in [1.29, 1.82) is 0 Å². The van der Waals surface area contributed by atoms with Crippen LogP contribution in [0.25, 0.3) is 23.1 Å². The second kappa shape index (κ2) is 7.26. The highest BCUT2D eigenvalue weighted by Crippen LogP contribution is 2.40. The number of para-hydroxylation sites is 1. The van der Waals surface area contributed by atoms with Gasteiger partial charge in [0.25, 0.3) is 0 Å². The number of pyridine rings is 1. The van der Waals surface area contributed by atoms with E-state index < -0.39 is 0 Å². The normalized spacial score (nSPS) is 11.0. The highest BCUT2D eigenvalue weighted by atomic mass is 16.5. The van der Waals surface area contributed by atoms with Gasteiger partial charge in [-0.2, -0.15) is 4.57 Å². The third kappa shape index (κ3) is 3.15. The quantitative estimate of drug-likeness (QED) is 0.663. The Hall–Kier alpha value is -3.01. The summed E-state index contributed by atoms with van der Waals surface area (Å²) in [6.45, 7) is 0. The minimum atomic E-state index is 0.593. The maximum Gasteiger partial charge on any atom is 0.212 e. The summed E-state index contributed by atoms with van der Waals surface area (Å²) in [6.07, 6.45) is 4.08. The van der Waals surface area contributed by atoms with E-state index in [0.717, 1.165) is 11.3 Å². The number of rotatable bonds is 5. The molecule has 3 rings (SSSR count). The summed E-state index contributed by atoms with van der Waals surface area (Å²) in [5.41, 5.74) is 3.20. The first kappa shape index (κ1) is 16.8. The number of methoxy groups -OCH3 is 3. The van der Waals surface area contributed by atoms with Gasteiger partial charge in [0.2, 0.25) is 17.0 Å². The number of aromatic nitrogens is 1. The number of aryl methyl sites for hydroxylation is 1. The average Bonchev–Trinajstić information content (AvgIpc) is 2.66. The summed E-state index contributed by atoms with van der Waals surface area (Å²) in [5.74, 6) is 1.89. The second-order valence-electron chi connectivity index (χ2n) is 5.63. The Bertz CT molecular complexity index is 932. The number of fused-ring (bicyclic) bond motifs is 1. The van der Waals surface area contributed by atoms with Gasteiger partial charge in [0.05, 0.1) is 21.3 Å². The van der Waals surface area contributed by atoms with E-state index in [1.165, 1.54) is 10.9 Å². The summed E-state index contributed by atoms with van der Waals surface area (Å²) in [7, 11) is 6.91. The molecule has 0 aliphatic heterocycles. The Morgan fingerprint density at radius 2 is 1.52 bits per heavy atom. The van der Waals surface area contributed by atoms with Gasteiger partial charge in [0.1, 0.15) is 7.05 Å². The Morgan fingerprint density at radius 3 is 2.24 bits per heavy atom. The number of nitrogens with zero attached hydrogens (tertiary/aromatic N) is 1. The van der Waals surface area contributed by atoms with Crippen molar-refractivity contribution in [1.82, 2.24) is 0 Å². The maximum atomic E-state index is 5.54. The first-order valence-electron chi connectivity index (χ1n) is 8.04. The zero-order chi connectivity index (χ0) is 17.8. The first-order chi connectivity index (χ1) is 12.2. The molecule has 4 nitrogen and oxygen atoms in total. The monoisotopic (exact) mass is 336 g/mol. The van der Waals surface area contributed by atoms with Crippen LogP contribution in [0.15, 0.2) is 48.5 Å². The molecule has 0 saturated heterocycles. The molecule has 0 aliphatic rings. The molecule has 128 valence electrons. The van der Waals surface area contributed by atoms with Gasteiger partial charge in [-0.25, -0.2) is 0 Å². The van der Waals surface area contributed by atoms with Crippen LogP contribution < -0.4 is 18.8 Å². The molecule has 0 saturated carbocycles. The number of ether oxygens (including phenoxy) is 3. The van der Waals surface area contributed by atoms with Crippen LogP contribution in [0.1, 0.15) is 11.3 Å². The number of hydrogen-bond acceptors (Lipinski definition) is 3. The summed E-state index contributed by atoms with van der Waals surface area (Å²) >= 11 is 0. The second-order valence-corrected chi connectivity index (χ2v) is 5.63. The molecular weight excluding hydrogens is 314 g/mol. The Kier molecular flexibility index (Phi) is 4.89. The van der Waals surface area contributed by atoms with Gasteiger partial charge in [0.15, 0.2) is 11.5 Å². The Morgan fingerprint density at radius 1 is 0.760 bits per heavy atom. The molecule has 0 unspecified atom stereocenters. The van der Waals surface area contributed by atoms with Crippen LogP contribution in [-0.2, 0) is 7.05 Å². The van der Waals surface area contributed by atoms with Crippen LogP contribution in [0.2, 0.25) is 0 Å². The van der Waals surface area contributed by atoms with Crippen LogP contribution in [0.4, 0.5) is 0 Å². The predicted molar refractivity (Wildman–Crippen MR) is 100 cm³/mol. The molecule has 2 aromatic carbocycles. The topological polar surface area (TPSA) is 31.6 Å². The molecule has 3 aromatic rings. The van der Waals surface area contributed by atoms with E-state index in [0.29, 0.717) is 17.2 Å². The van der Waals surface area contributed by atoms with Crippen LogP contribution in [-0.4, -0.2) is 21.3 Å². The molecule has 0 fully saturated rings. The predicted octanol–water partition coefficient (Wildman–Crippen LogP) is 3.86. The lowest BCUT2D eigenvalue weighted by atomic mass is 10.1. The van der Waals surface area contributed by atoms with Crippen molar-refractivity contribution >= 4 is 23.1 Å². The summed E-state index contributed by atoms with van der Waals surface area (Å²) in [5, 5.41) is 1.21. The van der Waals surface area contributed by atoms with Gasteiger partial charge in [-0.05, 0) is 30.3 Å². The molecule has 0 atom stereocenters. The molecule has 25 heavy (non-hydrogen) atoms. The van der Waals surface area contributed by atoms with E-state index in [2.05, 4.69) is 42.0 Å². The molecule has 0 radical (unpaired) electrons. The maximum absolute atomic E-state index is 5.54. The van der Waals surface area contributed by atoms with Gasteiger partial charge in [-0.3, -0.25) is 0 Å². The Balaban J connectivity index is 2.04. The van der Waals surface area contributed by atoms with Crippen LogP contribution in [0.5, 0.6) is 17.2 Å². The van der Waals surface area contributed by atoms with Gasteiger partial charge in [-0.1, -0.05) is 12.1 Å². The van der Waals surface area contributed by atoms with Crippen molar-refractivity contribution in [3.63, 3.8) is 0 Å². The summed E-state index contributed by atoms with van der Waals surface area (Å²) in [6, 6.07) is 16.4. The molecule has 0 spiro atoms. The third-order valence-electron chi connectivity index (χ3n) is 4.29. The fourth-order valence-electron chi connectivity index (χ4n) is 2.96. The van der Waals surface area contributed by atoms with Gasteiger partial charge >= 0.3 is 0 Å². The van der Waals surface area contributed by atoms with Crippen molar-refractivity contribution in [2.75, 3.05) is 21.3 Å². The van der Waals surface area contributed by atoms with Crippen molar-refractivity contribution in [3.8, 4) is 17.2 Å². The van der Waals surface area contributed by atoms with E-state index in [9.17, 15) is 0 Å². The lowest BCUT2D eigenvalue weighted by Gasteiger charge is -2.13. The van der Waals surface area contributed by atoms with Gasteiger partial charge < -0.3 is 14.2 Å². The van der Waals surface area contributed by atoms with E-state index in [-0.39, 0.29) is 0 Å². The van der Waals surface area contributed by atoms with E-state index in [1.807, 2.05) is 30.3 Å². The molecule has 1 heterocycles. The van der Waals surface area contributed by atoms with E-state index in [4.69, 9.17) is 14.2 Å². The van der Waals surface area contributed by atoms with Gasteiger partial charge in [0, 0.05) is 29.2 Å². The third-order valence-corrected chi connectivity index (χ3v) is 4.29. The average molecular weight is 336 g/mol. The smallest absolute Gasteiger partial charge is 0.212 e. The number of benzene rings is 2. The van der Waals surface area contributed by atoms with E-state index in [1.54, 1.807) is 21.3 Å². The molecule has 1 aromatic heterocycles.